The molecule has 9 heteroatoms. The van der Waals surface area contributed by atoms with Gasteiger partial charge in [-0.25, -0.2) is 4.79 Å². The van der Waals surface area contributed by atoms with E-state index >= 15 is 0 Å². The van der Waals surface area contributed by atoms with Gasteiger partial charge in [0.25, 0.3) is 0 Å². The number of hydrogen-bond donors (Lipinski definition) is 0. The van der Waals surface area contributed by atoms with Crippen molar-refractivity contribution in [1.82, 2.24) is 0 Å². The zero-order chi connectivity index (χ0) is 25.3. The molecule has 0 aliphatic rings. The molecule has 0 fully saturated rings. The molecule has 0 spiro atoms. The van der Waals surface area contributed by atoms with E-state index < -0.39 is 27.3 Å². The molecule has 0 amide bonds. The Morgan fingerprint density at radius 1 is 0.800 bits per heavy atom. The summed E-state index contributed by atoms with van der Waals surface area (Å²) >= 11 is -7.10. The normalized spacial score (nSPS) is 12.3. The number of benzene rings is 4. The van der Waals surface area contributed by atoms with E-state index in [0.29, 0.717) is 5.75 Å². The third-order valence-electron chi connectivity index (χ3n) is 4.88. The summed E-state index contributed by atoms with van der Waals surface area (Å²) in [6, 6.07) is 32.2. The molecule has 0 saturated heterocycles. The van der Waals surface area contributed by atoms with E-state index in [1.54, 1.807) is 0 Å². The van der Waals surface area contributed by atoms with Gasteiger partial charge in [-0.1, -0.05) is 72.8 Å². The Kier molecular flexibility index (Phi) is 9.87. The first-order valence-corrected chi connectivity index (χ1v) is 16.1. The molecule has 0 N–H and O–H groups in total. The zero-order valence-corrected chi connectivity index (χ0v) is 22.1. The number of fused-ring (bicyclic) bond motifs is 1. The second-order valence-electron chi connectivity index (χ2n) is 7.40. The van der Waals surface area contributed by atoms with E-state index in [2.05, 4.69) is 48.7 Å². The SMILES string of the molecule is C[S+](Cc1cccc2ccccc12)c1ccc(OC(=O)OCc2ccccc2)cc1.[F][Sb-]([F])([F])[F]. The summed E-state index contributed by atoms with van der Waals surface area (Å²) in [7, 11) is 0.0386. The first kappa shape index (κ1) is 26.9. The summed E-state index contributed by atoms with van der Waals surface area (Å²) < 4.78 is 50.0. The quantitative estimate of drug-likeness (QED) is 0.0737. The van der Waals surface area contributed by atoms with Gasteiger partial charge in [-0.15, -0.1) is 0 Å². The van der Waals surface area contributed by atoms with E-state index in [-0.39, 0.29) is 17.5 Å². The van der Waals surface area contributed by atoms with E-state index in [1.165, 1.54) is 21.2 Å². The van der Waals surface area contributed by atoms with E-state index in [9.17, 15) is 16.0 Å². The van der Waals surface area contributed by atoms with Crippen LogP contribution in [0.4, 0.5) is 16.0 Å². The third-order valence-corrected chi connectivity index (χ3v) is 6.70. The fraction of sp³-hybridized carbons (Fsp3) is 0.115. The fourth-order valence-electron chi connectivity index (χ4n) is 3.32. The van der Waals surface area contributed by atoms with Crippen LogP contribution < -0.4 is 4.74 Å². The van der Waals surface area contributed by atoms with E-state index in [1.807, 2.05) is 54.6 Å². The molecule has 0 radical (unpaired) electrons. The van der Waals surface area contributed by atoms with Crippen LogP contribution >= 0.6 is 0 Å². The molecule has 0 aliphatic heterocycles. The average Bonchev–Trinajstić information content (AvgIpc) is 2.83. The topological polar surface area (TPSA) is 35.5 Å². The molecular formula is C26H23F4O3SSb. The van der Waals surface area contributed by atoms with Crippen LogP contribution in [-0.2, 0) is 28.0 Å². The maximum atomic E-state index is 11.9. The van der Waals surface area contributed by atoms with Gasteiger partial charge in [0, 0.05) is 16.5 Å². The Labute approximate surface area is 211 Å². The van der Waals surface area contributed by atoms with Crippen LogP contribution in [0.25, 0.3) is 10.8 Å². The summed E-state index contributed by atoms with van der Waals surface area (Å²) in [5, 5.41) is 2.57. The van der Waals surface area contributed by atoms with Crippen LogP contribution in [0.2, 0.25) is 0 Å². The van der Waals surface area contributed by atoms with Crippen LogP contribution in [0.15, 0.2) is 102 Å². The number of carbonyl (C=O) groups is 1. The Bertz CT molecular complexity index is 1220. The van der Waals surface area contributed by atoms with Crippen molar-refractivity contribution in [3.63, 3.8) is 0 Å². The summed E-state index contributed by atoms with van der Waals surface area (Å²) in [6.07, 6.45) is 1.55. The molecule has 0 bridgehead atoms. The second kappa shape index (κ2) is 12.8. The van der Waals surface area contributed by atoms with Crippen molar-refractivity contribution in [2.75, 3.05) is 6.26 Å². The van der Waals surface area contributed by atoms with Crippen molar-refractivity contribution in [1.29, 1.82) is 0 Å². The van der Waals surface area contributed by atoms with Crippen molar-refractivity contribution >= 4 is 48.9 Å². The molecule has 4 aromatic rings. The number of ether oxygens (including phenoxy) is 2. The first-order valence-electron chi connectivity index (χ1n) is 10.4. The number of carbonyl (C=O) groups excluding carboxylic acids is 1. The van der Waals surface area contributed by atoms with Gasteiger partial charge in [0.05, 0.1) is 0 Å². The molecule has 0 heterocycles. The van der Waals surface area contributed by atoms with Gasteiger partial charge in [0.1, 0.15) is 24.4 Å². The van der Waals surface area contributed by atoms with E-state index in [4.69, 9.17) is 9.47 Å². The van der Waals surface area contributed by atoms with E-state index in [0.717, 1.165) is 11.3 Å². The number of hydrogen-bond acceptors (Lipinski definition) is 3. The van der Waals surface area contributed by atoms with Crippen molar-refractivity contribution in [3.8, 4) is 5.75 Å². The van der Waals surface area contributed by atoms with Crippen molar-refractivity contribution in [2.24, 2.45) is 0 Å². The summed E-state index contributed by atoms with van der Waals surface area (Å²) in [4.78, 5) is 13.2. The summed E-state index contributed by atoms with van der Waals surface area (Å²) in [5.41, 5.74) is 2.28. The molecule has 0 aliphatic carbocycles. The van der Waals surface area contributed by atoms with Gasteiger partial charge in [0.2, 0.25) is 0 Å². The summed E-state index contributed by atoms with van der Waals surface area (Å²) in [6.45, 7) is 0.196. The first-order chi connectivity index (χ1) is 16.7. The molecule has 0 aromatic heterocycles. The third kappa shape index (κ3) is 9.46. The second-order valence-corrected chi connectivity index (χ2v) is 11.6. The van der Waals surface area contributed by atoms with Crippen LogP contribution in [0.1, 0.15) is 11.1 Å². The Balaban J connectivity index is 0.000000623. The van der Waals surface area contributed by atoms with Gasteiger partial charge < -0.3 is 9.47 Å². The molecule has 35 heavy (non-hydrogen) atoms. The molecule has 184 valence electrons. The Hall–Kier alpha value is -2.70. The molecular weight excluding hydrogens is 590 g/mol. The summed E-state index contributed by atoms with van der Waals surface area (Å²) in [5.74, 6) is 1.46. The van der Waals surface area contributed by atoms with Crippen molar-refractivity contribution in [2.45, 2.75) is 17.3 Å². The maximum absolute atomic E-state index is 11.9. The molecule has 4 aromatic carbocycles. The Morgan fingerprint density at radius 2 is 1.40 bits per heavy atom. The number of rotatable bonds is 6. The molecule has 4 rings (SSSR count). The van der Waals surface area contributed by atoms with Crippen LogP contribution in [0.5, 0.6) is 5.75 Å². The Morgan fingerprint density at radius 3 is 2.09 bits per heavy atom. The zero-order valence-electron chi connectivity index (χ0n) is 18.7. The van der Waals surface area contributed by atoms with Crippen LogP contribution in [0, 0.1) is 0 Å². The van der Waals surface area contributed by atoms with Crippen LogP contribution in [0.3, 0.4) is 0 Å². The molecule has 1 unspecified atom stereocenters. The van der Waals surface area contributed by atoms with Gasteiger partial charge in [-0.05, 0) is 40.6 Å². The van der Waals surface area contributed by atoms with Gasteiger partial charge in [-0.3, -0.25) is 0 Å². The predicted octanol–water partition coefficient (Wildman–Crippen LogP) is 7.66. The standard InChI is InChI=1S/C26H23O3S.4FH.Sb/c1-30(19-22-12-7-11-21-10-5-6-13-25(21)22)24-16-14-23(15-17-24)29-26(27)28-18-20-8-3-2-4-9-20;;;;;/h2-17H,18-19H2,1H3;4*1H;/q+1;;;;;+3/p-4. The minimum absolute atomic E-state index is 0.0386. The fourth-order valence-corrected chi connectivity index (χ4v) is 4.80. The van der Waals surface area contributed by atoms with Gasteiger partial charge in [-0.2, -0.15) is 0 Å². The molecule has 3 nitrogen and oxygen atoms in total. The van der Waals surface area contributed by atoms with Gasteiger partial charge >= 0.3 is 38.5 Å². The van der Waals surface area contributed by atoms with Crippen molar-refractivity contribution < 1.29 is 25.5 Å². The molecule has 1 atom stereocenters. The monoisotopic (exact) mass is 612 g/mol. The predicted molar refractivity (Wildman–Crippen MR) is 133 cm³/mol. The average molecular weight is 613 g/mol. The number of halogens is 4. The van der Waals surface area contributed by atoms with Gasteiger partial charge in [0.15, 0.2) is 4.90 Å². The van der Waals surface area contributed by atoms with Crippen molar-refractivity contribution in [3.05, 3.63) is 108 Å². The van der Waals surface area contributed by atoms with Crippen LogP contribution in [-0.4, -0.2) is 33.5 Å². The minimum atomic E-state index is -7.10. The molecule has 0 saturated carbocycles.